The highest BCUT2D eigenvalue weighted by Crippen LogP contribution is 2.35. The molecule has 0 aliphatic carbocycles. The quantitative estimate of drug-likeness (QED) is 0.809. The minimum absolute atomic E-state index is 0.345. The van der Waals surface area contributed by atoms with Crippen LogP contribution in [0.3, 0.4) is 0 Å². The lowest BCUT2D eigenvalue weighted by molar-refractivity contribution is -0.133. The van der Waals surface area contributed by atoms with E-state index >= 15 is 0 Å². The van der Waals surface area contributed by atoms with Crippen molar-refractivity contribution in [1.82, 2.24) is 4.90 Å². The van der Waals surface area contributed by atoms with Gasteiger partial charge in [0.1, 0.15) is 12.4 Å². The van der Waals surface area contributed by atoms with Gasteiger partial charge in [-0.3, -0.25) is 4.79 Å². The van der Waals surface area contributed by atoms with Gasteiger partial charge in [0.15, 0.2) is 5.60 Å². The number of hydrogen-bond acceptors (Lipinski definition) is 4. The summed E-state index contributed by atoms with van der Waals surface area (Å²) in [4.78, 5) is 14.1. The molecule has 2 aromatic rings. The SMILES string of the molecule is CN(C)CCOc1ccccc1C(O)(C(N)=O)c1ccccc1. The first kappa shape index (κ1) is 17.0. The van der Waals surface area contributed by atoms with Gasteiger partial charge in [-0.15, -0.1) is 0 Å². The Hall–Kier alpha value is -2.37. The Labute approximate surface area is 136 Å². The van der Waals surface area contributed by atoms with E-state index in [-0.39, 0.29) is 0 Å². The maximum absolute atomic E-state index is 12.1. The largest absolute Gasteiger partial charge is 0.492 e. The van der Waals surface area contributed by atoms with Gasteiger partial charge >= 0.3 is 0 Å². The number of carbonyl (C=O) groups is 1. The number of ether oxygens (including phenoxy) is 1. The van der Waals surface area contributed by atoms with E-state index in [4.69, 9.17) is 10.5 Å². The molecule has 3 N–H and O–H groups in total. The topological polar surface area (TPSA) is 75.8 Å². The number of amides is 1. The Kier molecular flexibility index (Phi) is 5.36. The van der Waals surface area contributed by atoms with Crippen LogP contribution in [0.15, 0.2) is 54.6 Å². The monoisotopic (exact) mass is 314 g/mol. The lowest BCUT2D eigenvalue weighted by Gasteiger charge is -2.27. The summed E-state index contributed by atoms with van der Waals surface area (Å²) in [6.07, 6.45) is 0. The van der Waals surface area contributed by atoms with Crippen molar-refractivity contribution in [2.75, 3.05) is 27.2 Å². The van der Waals surface area contributed by atoms with Gasteiger partial charge in [-0.2, -0.15) is 0 Å². The predicted molar refractivity (Wildman–Crippen MR) is 89.1 cm³/mol. The van der Waals surface area contributed by atoms with E-state index in [0.717, 1.165) is 0 Å². The molecule has 0 bridgehead atoms. The third-order valence-electron chi connectivity index (χ3n) is 3.62. The van der Waals surface area contributed by atoms with E-state index in [9.17, 15) is 9.90 Å². The van der Waals surface area contributed by atoms with Gasteiger partial charge in [-0.1, -0.05) is 48.5 Å². The maximum atomic E-state index is 12.1. The van der Waals surface area contributed by atoms with Crippen LogP contribution >= 0.6 is 0 Å². The van der Waals surface area contributed by atoms with Crippen molar-refractivity contribution in [1.29, 1.82) is 0 Å². The van der Waals surface area contributed by atoms with Crippen LogP contribution in [0.5, 0.6) is 5.75 Å². The van der Waals surface area contributed by atoms with Gasteiger partial charge in [-0.05, 0) is 25.7 Å². The molecule has 1 amide bonds. The van der Waals surface area contributed by atoms with Crippen LogP contribution in [-0.2, 0) is 10.4 Å². The molecule has 2 rings (SSSR count). The third kappa shape index (κ3) is 3.70. The highest BCUT2D eigenvalue weighted by molar-refractivity contribution is 5.89. The lowest BCUT2D eigenvalue weighted by Crippen LogP contribution is -2.42. The third-order valence-corrected chi connectivity index (χ3v) is 3.62. The van der Waals surface area contributed by atoms with Crippen molar-refractivity contribution in [2.24, 2.45) is 5.73 Å². The fourth-order valence-electron chi connectivity index (χ4n) is 2.34. The number of nitrogens with zero attached hydrogens (tertiary/aromatic N) is 1. The van der Waals surface area contributed by atoms with Gasteiger partial charge in [0.05, 0.1) is 0 Å². The number of benzene rings is 2. The summed E-state index contributed by atoms with van der Waals surface area (Å²) in [5.41, 5.74) is 4.35. The minimum atomic E-state index is -1.93. The average molecular weight is 314 g/mol. The predicted octanol–water partition coefficient (Wildman–Crippen LogP) is 1.35. The van der Waals surface area contributed by atoms with Crippen LogP contribution in [0.2, 0.25) is 0 Å². The molecule has 2 aromatic carbocycles. The Morgan fingerprint density at radius 3 is 2.35 bits per heavy atom. The Balaban J connectivity index is 2.43. The van der Waals surface area contributed by atoms with Crippen molar-refractivity contribution < 1.29 is 14.6 Å². The second-order valence-electron chi connectivity index (χ2n) is 5.59. The molecule has 5 nitrogen and oxygen atoms in total. The minimum Gasteiger partial charge on any atom is -0.492 e. The first-order chi connectivity index (χ1) is 11.0. The normalized spacial score (nSPS) is 13.6. The van der Waals surface area contributed by atoms with E-state index in [1.165, 1.54) is 0 Å². The molecule has 0 saturated carbocycles. The Bertz CT molecular complexity index is 658. The number of rotatable bonds is 7. The van der Waals surface area contributed by atoms with Gasteiger partial charge in [0.25, 0.3) is 5.91 Å². The zero-order valence-corrected chi connectivity index (χ0v) is 13.4. The van der Waals surface area contributed by atoms with Crippen molar-refractivity contribution in [3.8, 4) is 5.75 Å². The molecule has 0 heterocycles. The summed E-state index contributed by atoms with van der Waals surface area (Å²) in [7, 11) is 3.89. The summed E-state index contributed by atoms with van der Waals surface area (Å²) in [6, 6.07) is 15.6. The fourth-order valence-corrected chi connectivity index (χ4v) is 2.34. The van der Waals surface area contributed by atoms with E-state index in [0.29, 0.717) is 30.0 Å². The van der Waals surface area contributed by atoms with Crippen LogP contribution in [0.4, 0.5) is 0 Å². The summed E-state index contributed by atoms with van der Waals surface area (Å²) in [6.45, 7) is 1.16. The van der Waals surface area contributed by atoms with E-state index in [1.807, 2.05) is 25.1 Å². The lowest BCUT2D eigenvalue weighted by atomic mass is 9.85. The molecule has 5 heteroatoms. The summed E-state index contributed by atoms with van der Waals surface area (Å²) in [5, 5.41) is 11.1. The van der Waals surface area contributed by atoms with E-state index < -0.39 is 11.5 Å². The van der Waals surface area contributed by atoms with Crippen LogP contribution in [-0.4, -0.2) is 43.2 Å². The Morgan fingerprint density at radius 2 is 1.74 bits per heavy atom. The highest BCUT2D eigenvalue weighted by atomic mass is 16.5. The zero-order valence-electron chi connectivity index (χ0n) is 13.4. The second-order valence-corrected chi connectivity index (χ2v) is 5.59. The van der Waals surface area contributed by atoms with Crippen molar-refractivity contribution in [3.63, 3.8) is 0 Å². The maximum Gasteiger partial charge on any atom is 0.258 e. The first-order valence-corrected chi connectivity index (χ1v) is 7.41. The number of hydrogen-bond donors (Lipinski definition) is 2. The molecule has 122 valence electrons. The summed E-state index contributed by atoms with van der Waals surface area (Å²) < 4.78 is 5.76. The van der Waals surface area contributed by atoms with Crippen LogP contribution in [0, 0.1) is 0 Å². The van der Waals surface area contributed by atoms with Crippen molar-refractivity contribution >= 4 is 5.91 Å². The zero-order chi connectivity index (χ0) is 16.9. The average Bonchev–Trinajstić information content (AvgIpc) is 2.55. The number of likely N-dealkylation sites (N-methyl/N-ethyl adjacent to an activating group) is 1. The van der Waals surface area contributed by atoms with Gasteiger partial charge in [0, 0.05) is 12.1 Å². The molecule has 0 aromatic heterocycles. The molecule has 0 radical (unpaired) electrons. The van der Waals surface area contributed by atoms with E-state index in [1.54, 1.807) is 48.5 Å². The number of nitrogens with two attached hydrogens (primary N) is 1. The molecular formula is C18H22N2O3. The molecular weight excluding hydrogens is 292 g/mol. The molecule has 1 unspecified atom stereocenters. The van der Waals surface area contributed by atoms with Crippen molar-refractivity contribution in [2.45, 2.75) is 5.60 Å². The summed E-state index contributed by atoms with van der Waals surface area (Å²) in [5.74, 6) is -0.396. The van der Waals surface area contributed by atoms with Gasteiger partial charge in [0.2, 0.25) is 0 Å². The van der Waals surface area contributed by atoms with Crippen LogP contribution in [0.25, 0.3) is 0 Å². The smallest absolute Gasteiger partial charge is 0.258 e. The molecule has 0 fully saturated rings. The van der Waals surface area contributed by atoms with Gasteiger partial charge in [-0.25, -0.2) is 0 Å². The number of primary amides is 1. The molecule has 1 atom stereocenters. The fraction of sp³-hybridized carbons (Fsp3) is 0.278. The van der Waals surface area contributed by atoms with E-state index in [2.05, 4.69) is 0 Å². The molecule has 0 spiro atoms. The molecule has 0 aliphatic rings. The first-order valence-electron chi connectivity index (χ1n) is 7.41. The number of para-hydroxylation sites is 1. The number of aliphatic hydroxyl groups is 1. The highest BCUT2D eigenvalue weighted by Gasteiger charge is 2.40. The standard InChI is InChI=1S/C18H22N2O3/c1-20(2)12-13-23-16-11-7-6-10-15(16)18(22,17(19)21)14-8-4-3-5-9-14/h3-11,22H,12-13H2,1-2H3,(H2,19,21). The molecule has 0 aliphatic heterocycles. The van der Waals surface area contributed by atoms with Gasteiger partial charge < -0.3 is 20.5 Å². The van der Waals surface area contributed by atoms with Crippen LogP contribution in [0.1, 0.15) is 11.1 Å². The number of carbonyl (C=O) groups excluding carboxylic acids is 1. The Morgan fingerprint density at radius 1 is 1.13 bits per heavy atom. The summed E-state index contributed by atoms with van der Waals surface area (Å²) >= 11 is 0. The molecule has 23 heavy (non-hydrogen) atoms. The molecule has 0 saturated heterocycles. The second kappa shape index (κ2) is 7.26. The van der Waals surface area contributed by atoms with Crippen LogP contribution < -0.4 is 10.5 Å². The van der Waals surface area contributed by atoms with Crippen molar-refractivity contribution in [3.05, 3.63) is 65.7 Å².